The summed E-state index contributed by atoms with van der Waals surface area (Å²) in [7, 11) is 0. The Balaban J connectivity index is 1.50. The van der Waals surface area contributed by atoms with Crippen molar-refractivity contribution < 1.29 is 9.53 Å². The van der Waals surface area contributed by atoms with Crippen LogP contribution in [-0.4, -0.2) is 39.0 Å². The SMILES string of the molecule is Cc1cccc(Oc2ncccc2NC(=O)c2cn(C3CCNCC3)nn2)c1C. The molecule has 0 aliphatic carbocycles. The third kappa shape index (κ3) is 4.27. The van der Waals surface area contributed by atoms with E-state index < -0.39 is 0 Å². The fourth-order valence-corrected chi connectivity index (χ4v) is 3.32. The first-order valence-corrected chi connectivity index (χ1v) is 9.75. The lowest BCUT2D eigenvalue weighted by Crippen LogP contribution is -2.29. The summed E-state index contributed by atoms with van der Waals surface area (Å²) in [4.78, 5) is 17.0. The lowest BCUT2D eigenvalue weighted by atomic mass is 10.1. The second-order valence-electron chi connectivity index (χ2n) is 7.18. The van der Waals surface area contributed by atoms with Gasteiger partial charge >= 0.3 is 0 Å². The third-order valence-corrected chi connectivity index (χ3v) is 5.21. The maximum absolute atomic E-state index is 12.7. The van der Waals surface area contributed by atoms with Gasteiger partial charge in [-0.2, -0.15) is 0 Å². The van der Waals surface area contributed by atoms with Crippen molar-refractivity contribution in [1.82, 2.24) is 25.3 Å². The van der Waals surface area contributed by atoms with Crippen LogP contribution in [0.15, 0.2) is 42.7 Å². The van der Waals surface area contributed by atoms with Crippen LogP contribution in [0.1, 0.15) is 40.5 Å². The molecule has 1 saturated heterocycles. The van der Waals surface area contributed by atoms with E-state index in [0.717, 1.165) is 37.1 Å². The summed E-state index contributed by atoms with van der Waals surface area (Å²) in [6.07, 6.45) is 5.28. The van der Waals surface area contributed by atoms with Gasteiger partial charge in [0.05, 0.1) is 12.2 Å². The molecular formula is C21H24N6O2. The van der Waals surface area contributed by atoms with E-state index in [1.54, 1.807) is 29.2 Å². The van der Waals surface area contributed by atoms with E-state index in [0.29, 0.717) is 17.3 Å². The monoisotopic (exact) mass is 392 g/mol. The maximum atomic E-state index is 12.7. The summed E-state index contributed by atoms with van der Waals surface area (Å²) in [5, 5.41) is 14.4. The van der Waals surface area contributed by atoms with E-state index in [4.69, 9.17) is 4.74 Å². The Morgan fingerprint density at radius 3 is 2.86 bits per heavy atom. The number of carbonyl (C=O) groups is 1. The molecular weight excluding hydrogens is 368 g/mol. The number of hydrogen-bond acceptors (Lipinski definition) is 6. The van der Waals surface area contributed by atoms with Crippen LogP contribution in [0.5, 0.6) is 11.6 Å². The fourth-order valence-electron chi connectivity index (χ4n) is 3.32. The Kier molecular flexibility index (Phi) is 5.53. The van der Waals surface area contributed by atoms with Crippen LogP contribution in [0.4, 0.5) is 5.69 Å². The largest absolute Gasteiger partial charge is 0.437 e. The van der Waals surface area contributed by atoms with Crippen molar-refractivity contribution in [3.05, 3.63) is 59.5 Å². The van der Waals surface area contributed by atoms with Gasteiger partial charge in [-0.15, -0.1) is 5.10 Å². The van der Waals surface area contributed by atoms with E-state index in [-0.39, 0.29) is 17.6 Å². The number of benzene rings is 1. The summed E-state index contributed by atoms with van der Waals surface area (Å²) in [5.41, 5.74) is 2.90. The van der Waals surface area contributed by atoms with Crippen molar-refractivity contribution in [2.24, 2.45) is 0 Å². The Bertz CT molecular complexity index is 1010. The van der Waals surface area contributed by atoms with Crippen molar-refractivity contribution in [3.8, 4) is 11.6 Å². The average Bonchev–Trinajstić information content (AvgIpc) is 3.24. The Morgan fingerprint density at radius 2 is 2.03 bits per heavy atom. The molecule has 1 aromatic carbocycles. The van der Waals surface area contributed by atoms with E-state index in [1.807, 2.05) is 32.0 Å². The molecule has 0 radical (unpaired) electrons. The predicted octanol–water partition coefficient (Wildman–Crippen LogP) is 3.26. The molecule has 2 aromatic heterocycles. The normalized spacial score (nSPS) is 14.6. The van der Waals surface area contributed by atoms with Gasteiger partial charge < -0.3 is 15.4 Å². The Labute approximate surface area is 169 Å². The van der Waals surface area contributed by atoms with E-state index in [1.165, 1.54) is 0 Å². The number of pyridine rings is 1. The number of nitrogens with one attached hydrogen (secondary N) is 2. The molecule has 0 unspecified atom stereocenters. The Morgan fingerprint density at radius 1 is 1.21 bits per heavy atom. The molecule has 1 amide bonds. The van der Waals surface area contributed by atoms with E-state index in [2.05, 4.69) is 25.9 Å². The molecule has 29 heavy (non-hydrogen) atoms. The first-order chi connectivity index (χ1) is 14.1. The maximum Gasteiger partial charge on any atom is 0.277 e. The second kappa shape index (κ2) is 8.40. The summed E-state index contributed by atoms with van der Waals surface area (Å²) < 4.78 is 7.77. The van der Waals surface area contributed by atoms with Gasteiger partial charge in [-0.05, 0) is 69.1 Å². The van der Waals surface area contributed by atoms with E-state index >= 15 is 0 Å². The van der Waals surface area contributed by atoms with Crippen molar-refractivity contribution in [1.29, 1.82) is 0 Å². The molecule has 3 heterocycles. The van der Waals surface area contributed by atoms with Crippen LogP contribution in [0.3, 0.4) is 0 Å². The number of hydrogen-bond donors (Lipinski definition) is 2. The van der Waals surface area contributed by atoms with Crippen molar-refractivity contribution in [3.63, 3.8) is 0 Å². The fraction of sp³-hybridized carbons (Fsp3) is 0.333. The molecule has 2 N–H and O–H groups in total. The average molecular weight is 392 g/mol. The standard InChI is InChI=1S/C21H24N6O2/c1-14-5-3-7-19(15(14)2)29-21-17(6-4-10-23-21)24-20(28)18-13-27(26-25-18)16-8-11-22-12-9-16/h3-7,10,13,16,22H,8-9,11-12H2,1-2H3,(H,24,28). The number of piperidine rings is 1. The zero-order chi connectivity index (χ0) is 20.2. The second-order valence-corrected chi connectivity index (χ2v) is 7.18. The predicted molar refractivity (Wildman–Crippen MR) is 109 cm³/mol. The minimum atomic E-state index is -0.344. The molecule has 0 spiro atoms. The van der Waals surface area contributed by atoms with Gasteiger partial charge in [0.2, 0.25) is 5.88 Å². The van der Waals surface area contributed by atoms with Crippen molar-refractivity contribution >= 4 is 11.6 Å². The number of anilines is 1. The molecule has 8 nitrogen and oxygen atoms in total. The van der Waals surface area contributed by atoms with Gasteiger partial charge in [0.15, 0.2) is 5.69 Å². The Hall–Kier alpha value is -3.26. The van der Waals surface area contributed by atoms with Gasteiger partial charge in [-0.3, -0.25) is 4.79 Å². The van der Waals surface area contributed by atoms with Gasteiger partial charge in [0.25, 0.3) is 5.91 Å². The molecule has 8 heteroatoms. The first-order valence-electron chi connectivity index (χ1n) is 9.75. The summed E-state index contributed by atoms with van der Waals surface area (Å²) in [5.74, 6) is 0.695. The molecule has 1 aliphatic rings. The zero-order valence-corrected chi connectivity index (χ0v) is 16.6. The van der Waals surface area contributed by atoms with Gasteiger partial charge in [-0.25, -0.2) is 9.67 Å². The molecule has 1 aliphatic heterocycles. The van der Waals surface area contributed by atoms with Crippen LogP contribution in [0.25, 0.3) is 0 Å². The molecule has 0 saturated carbocycles. The molecule has 4 rings (SSSR count). The molecule has 1 fully saturated rings. The molecule has 0 bridgehead atoms. The number of nitrogens with zero attached hydrogens (tertiary/aromatic N) is 4. The van der Waals surface area contributed by atoms with Crippen LogP contribution in [0, 0.1) is 13.8 Å². The number of aromatic nitrogens is 4. The highest BCUT2D eigenvalue weighted by Crippen LogP contribution is 2.30. The first kappa shape index (κ1) is 19.1. The highest BCUT2D eigenvalue weighted by molar-refractivity contribution is 6.03. The molecule has 0 atom stereocenters. The minimum Gasteiger partial charge on any atom is -0.437 e. The number of rotatable bonds is 5. The lowest BCUT2D eigenvalue weighted by molar-refractivity contribution is 0.102. The van der Waals surface area contributed by atoms with Gasteiger partial charge in [0, 0.05) is 6.20 Å². The van der Waals surface area contributed by atoms with E-state index in [9.17, 15) is 4.79 Å². The topological polar surface area (TPSA) is 94.0 Å². The van der Waals surface area contributed by atoms with Crippen molar-refractivity contribution in [2.45, 2.75) is 32.7 Å². The molecule has 3 aromatic rings. The molecule has 150 valence electrons. The van der Waals surface area contributed by atoms with Gasteiger partial charge in [0.1, 0.15) is 11.4 Å². The smallest absolute Gasteiger partial charge is 0.277 e. The summed E-state index contributed by atoms with van der Waals surface area (Å²) in [6.45, 7) is 5.90. The lowest BCUT2D eigenvalue weighted by Gasteiger charge is -2.22. The van der Waals surface area contributed by atoms with Crippen LogP contribution < -0.4 is 15.4 Å². The zero-order valence-electron chi connectivity index (χ0n) is 16.6. The number of aryl methyl sites for hydroxylation is 1. The summed E-state index contributed by atoms with van der Waals surface area (Å²) in [6, 6.07) is 9.60. The quantitative estimate of drug-likeness (QED) is 0.692. The summed E-state index contributed by atoms with van der Waals surface area (Å²) >= 11 is 0. The number of ether oxygens (including phenoxy) is 1. The highest BCUT2D eigenvalue weighted by Gasteiger charge is 2.20. The van der Waals surface area contributed by atoms with Crippen LogP contribution in [0.2, 0.25) is 0 Å². The third-order valence-electron chi connectivity index (χ3n) is 5.21. The number of amides is 1. The minimum absolute atomic E-state index is 0.269. The van der Waals surface area contributed by atoms with Crippen LogP contribution >= 0.6 is 0 Å². The van der Waals surface area contributed by atoms with Crippen LogP contribution in [-0.2, 0) is 0 Å². The van der Waals surface area contributed by atoms with Gasteiger partial charge in [-0.1, -0.05) is 17.3 Å². The highest BCUT2D eigenvalue weighted by atomic mass is 16.5. The van der Waals surface area contributed by atoms with Crippen molar-refractivity contribution in [2.75, 3.05) is 18.4 Å². The number of carbonyl (C=O) groups excluding carboxylic acids is 1.